The number of carbonyl (C=O) groups excluding carboxylic acids is 1. The van der Waals surface area contributed by atoms with E-state index in [1.54, 1.807) is 17.1 Å². The molecule has 0 unspecified atom stereocenters. The highest BCUT2D eigenvalue weighted by Crippen LogP contribution is 2.18. The molecule has 23 heavy (non-hydrogen) atoms. The van der Waals surface area contributed by atoms with Gasteiger partial charge in [-0.1, -0.05) is 12.1 Å². The summed E-state index contributed by atoms with van der Waals surface area (Å²) in [5.41, 5.74) is 2.17. The third-order valence-corrected chi connectivity index (χ3v) is 3.93. The van der Waals surface area contributed by atoms with Crippen molar-refractivity contribution in [2.45, 2.75) is 20.0 Å². The summed E-state index contributed by atoms with van der Waals surface area (Å²) >= 11 is 3.37. The summed E-state index contributed by atoms with van der Waals surface area (Å²) in [6.07, 6.45) is 5.44. The van der Waals surface area contributed by atoms with Crippen molar-refractivity contribution in [2.24, 2.45) is 0 Å². The molecule has 0 aliphatic rings. The molecular formula is C16H16BrN5O. The van der Waals surface area contributed by atoms with Gasteiger partial charge in [-0.25, -0.2) is 0 Å². The highest BCUT2D eigenvalue weighted by Gasteiger charge is 2.15. The van der Waals surface area contributed by atoms with Crippen LogP contribution in [0.1, 0.15) is 23.0 Å². The summed E-state index contributed by atoms with van der Waals surface area (Å²) in [5, 5.41) is 11.3. The number of hydrogen-bond acceptors (Lipinski definition) is 3. The molecule has 7 heteroatoms. The minimum absolute atomic E-state index is 0.236. The molecule has 6 nitrogen and oxygen atoms in total. The summed E-state index contributed by atoms with van der Waals surface area (Å²) in [6, 6.07) is 9.58. The number of aryl methyl sites for hydroxylation is 1. The molecule has 0 radical (unpaired) electrons. The number of benzene rings is 1. The number of carbonyl (C=O) groups is 1. The van der Waals surface area contributed by atoms with Gasteiger partial charge in [-0.3, -0.25) is 14.2 Å². The fourth-order valence-corrected chi connectivity index (χ4v) is 2.73. The van der Waals surface area contributed by atoms with Crippen LogP contribution >= 0.6 is 15.9 Å². The van der Waals surface area contributed by atoms with E-state index in [0.29, 0.717) is 23.3 Å². The van der Waals surface area contributed by atoms with Crippen LogP contribution in [0.15, 0.2) is 53.4 Å². The Morgan fingerprint density at radius 3 is 2.87 bits per heavy atom. The summed E-state index contributed by atoms with van der Waals surface area (Å²) in [7, 11) is 0. The molecule has 0 saturated heterocycles. The SMILES string of the molecule is CCn1cc(Br)c(C(=O)Nc2cccc(Cn3cccn3)c2)n1. The number of nitrogens with one attached hydrogen (secondary N) is 1. The van der Waals surface area contributed by atoms with Gasteiger partial charge in [0, 0.05) is 30.8 Å². The Bertz CT molecular complexity index is 810. The first-order valence-electron chi connectivity index (χ1n) is 7.26. The number of nitrogens with zero attached hydrogens (tertiary/aromatic N) is 4. The normalized spacial score (nSPS) is 10.7. The van der Waals surface area contributed by atoms with Crippen LogP contribution in [0.25, 0.3) is 0 Å². The van der Waals surface area contributed by atoms with Crippen molar-refractivity contribution in [3.8, 4) is 0 Å². The summed E-state index contributed by atoms with van der Waals surface area (Å²) in [4.78, 5) is 12.4. The first-order chi connectivity index (χ1) is 11.2. The summed E-state index contributed by atoms with van der Waals surface area (Å²) < 4.78 is 4.23. The predicted molar refractivity (Wildman–Crippen MR) is 91.3 cm³/mol. The summed E-state index contributed by atoms with van der Waals surface area (Å²) in [6.45, 7) is 3.34. The second-order valence-electron chi connectivity index (χ2n) is 5.04. The topological polar surface area (TPSA) is 64.7 Å². The minimum atomic E-state index is -0.236. The highest BCUT2D eigenvalue weighted by atomic mass is 79.9. The number of halogens is 1. The fourth-order valence-electron chi connectivity index (χ4n) is 2.23. The number of aromatic nitrogens is 4. The lowest BCUT2D eigenvalue weighted by atomic mass is 10.2. The lowest BCUT2D eigenvalue weighted by Gasteiger charge is -2.07. The molecule has 0 atom stereocenters. The summed E-state index contributed by atoms with van der Waals surface area (Å²) in [5.74, 6) is -0.236. The van der Waals surface area contributed by atoms with E-state index in [9.17, 15) is 4.79 Å². The van der Waals surface area contributed by atoms with Gasteiger partial charge in [0.05, 0.1) is 11.0 Å². The van der Waals surface area contributed by atoms with Crippen LogP contribution < -0.4 is 5.32 Å². The van der Waals surface area contributed by atoms with E-state index in [4.69, 9.17) is 0 Å². The van der Waals surface area contributed by atoms with E-state index in [2.05, 4.69) is 31.4 Å². The van der Waals surface area contributed by atoms with E-state index in [-0.39, 0.29) is 5.91 Å². The first-order valence-corrected chi connectivity index (χ1v) is 8.05. The van der Waals surface area contributed by atoms with Gasteiger partial charge in [-0.15, -0.1) is 0 Å². The molecular weight excluding hydrogens is 358 g/mol. The molecule has 1 N–H and O–H groups in total. The Labute approximate surface area is 142 Å². The zero-order valence-electron chi connectivity index (χ0n) is 12.6. The second kappa shape index (κ2) is 6.78. The van der Waals surface area contributed by atoms with Crippen LogP contribution in [0.4, 0.5) is 5.69 Å². The first kappa shape index (κ1) is 15.5. The van der Waals surface area contributed by atoms with Gasteiger partial charge in [0.1, 0.15) is 0 Å². The van der Waals surface area contributed by atoms with Gasteiger partial charge in [-0.05, 0) is 46.6 Å². The van der Waals surface area contributed by atoms with Crippen molar-refractivity contribution in [1.29, 1.82) is 0 Å². The molecule has 0 saturated carbocycles. The largest absolute Gasteiger partial charge is 0.321 e. The molecule has 0 aliphatic carbocycles. The third kappa shape index (κ3) is 3.68. The molecule has 2 aromatic heterocycles. The third-order valence-electron chi connectivity index (χ3n) is 3.34. The average Bonchev–Trinajstić information content (AvgIpc) is 3.17. The van der Waals surface area contributed by atoms with Gasteiger partial charge in [0.2, 0.25) is 0 Å². The molecule has 0 fully saturated rings. The predicted octanol–water partition coefficient (Wildman–Crippen LogP) is 3.16. The number of rotatable bonds is 5. The van der Waals surface area contributed by atoms with E-state index in [0.717, 1.165) is 11.3 Å². The van der Waals surface area contributed by atoms with Crippen LogP contribution in [0, 0.1) is 0 Å². The standard InChI is InChI=1S/C16H16BrN5O/c1-2-21-11-14(17)15(20-21)16(23)19-13-6-3-5-12(9-13)10-22-8-4-7-18-22/h3-9,11H,2,10H2,1H3,(H,19,23). The number of hydrogen-bond donors (Lipinski definition) is 1. The van der Waals surface area contributed by atoms with Crippen LogP contribution in [-0.4, -0.2) is 25.5 Å². The minimum Gasteiger partial charge on any atom is -0.321 e. The molecule has 0 spiro atoms. The van der Waals surface area contributed by atoms with Crippen LogP contribution in [0.5, 0.6) is 0 Å². The maximum Gasteiger partial charge on any atom is 0.277 e. The highest BCUT2D eigenvalue weighted by molar-refractivity contribution is 9.10. The average molecular weight is 374 g/mol. The van der Waals surface area contributed by atoms with Crippen molar-refractivity contribution >= 4 is 27.5 Å². The van der Waals surface area contributed by atoms with Crippen molar-refractivity contribution in [3.63, 3.8) is 0 Å². The lowest BCUT2D eigenvalue weighted by Crippen LogP contribution is -2.14. The Balaban J connectivity index is 1.74. The Hall–Kier alpha value is -2.41. The van der Waals surface area contributed by atoms with Gasteiger partial charge in [-0.2, -0.15) is 10.2 Å². The zero-order valence-corrected chi connectivity index (χ0v) is 14.2. The number of anilines is 1. The molecule has 3 rings (SSSR count). The second-order valence-corrected chi connectivity index (χ2v) is 5.89. The van der Waals surface area contributed by atoms with Crippen molar-refractivity contribution in [3.05, 3.63) is 64.7 Å². The van der Waals surface area contributed by atoms with Crippen molar-refractivity contribution < 1.29 is 4.79 Å². The van der Waals surface area contributed by atoms with E-state index < -0.39 is 0 Å². The van der Waals surface area contributed by atoms with E-state index in [1.807, 2.05) is 48.1 Å². The van der Waals surface area contributed by atoms with Crippen LogP contribution in [0.2, 0.25) is 0 Å². The lowest BCUT2D eigenvalue weighted by molar-refractivity contribution is 0.102. The molecule has 1 amide bonds. The zero-order chi connectivity index (χ0) is 16.2. The van der Waals surface area contributed by atoms with Crippen LogP contribution in [0.3, 0.4) is 0 Å². The van der Waals surface area contributed by atoms with Crippen LogP contribution in [-0.2, 0) is 13.1 Å². The molecule has 118 valence electrons. The number of amides is 1. The van der Waals surface area contributed by atoms with Crippen molar-refractivity contribution in [1.82, 2.24) is 19.6 Å². The van der Waals surface area contributed by atoms with Gasteiger partial charge < -0.3 is 5.32 Å². The monoisotopic (exact) mass is 373 g/mol. The smallest absolute Gasteiger partial charge is 0.277 e. The Morgan fingerprint density at radius 2 is 2.17 bits per heavy atom. The molecule has 0 bridgehead atoms. The molecule has 3 aromatic rings. The molecule has 1 aromatic carbocycles. The Morgan fingerprint density at radius 1 is 1.30 bits per heavy atom. The molecule has 2 heterocycles. The molecule has 0 aliphatic heterocycles. The maximum absolute atomic E-state index is 12.4. The maximum atomic E-state index is 12.4. The van der Waals surface area contributed by atoms with Gasteiger partial charge in [0.15, 0.2) is 5.69 Å². The van der Waals surface area contributed by atoms with E-state index in [1.165, 1.54) is 0 Å². The van der Waals surface area contributed by atoms with Gasteiger partial charge in [0.25, 0.3) is 5.91 Å². The Kier molecular flexibility index (Phi) is 4.57. The quantitative estimate of drug-likeness (QED) is 0.746. The van der Waals surface area contributed by atoms with Crippen molar-refractivity contribution in [2.75, 3.05) is 5.32 Å². The fraction of sp³-hybridized carbons (Fsp3) is 0.188. The van der Waals surface area contributed by atoms with E-state index >= 15 is 0 Å². The van der Waals surface area contributed by atoms with Gasteiger partial charge >= 0.3 is 0 Å².